The Bertz CT molecular complexity index is 813. The van der Waals surface area contributed by atoms with E-state index in [4.69, 9.17) is 17.3 Å². The second kappa shape index (κ2) is 5.38. The van der Waals surface area contributed by atoms with Gasteiger partial charge in [0.25, 0.3) is 5.91 Å². The fraction of sp³-hybridized carbons (Fsp3) is 0. The number of primary amides is 1. The Labute approximate surface area is 125 Å². The van der Waals surface area contributed by atoms with Crippen LogP contribution in [0.15, 0.2) is 48.5 Å². The standard InChI is InChI=1S/C15H11ClN4O/c16-12-6-2-4-10(8-12)9-3-1-5-11(7-9)13-14(15(17)21)19-20-18-13/h1-8H,(H2,17,21)(H,18,19,20). The van der Waals surface area contributed by atoms with E-state index < -0.39 is 5.91 Å². The van der Waals surface area contributed by atoms with Crippen molar-refractivity contribution in [2.75, 3.05) is 0 Å². The molecular formula is C15H11ClN4O. The van der Waals surface area contributed by atoms with Gasteiger partial charge < -0.3 is 5.73 Å². The Hall–Kier alpha value is -2.66. The SMILES string of the molecule is NC(=O)c1n[nH]nc1-c1cccc(-c2cccc(Cl)c2)c1. The smallest absolute Gasteiger partial charge is 0.271 e. The highest BCUT2D eigenvalue weighted by atomic mass is 35.5. The zero-order valence-corrected chi connectivity index (χ0v) is 11.6. The van der Waals surface area contributed by atoms with E-state index in [-0.39, 0.29) is 5.69 Å². The second-order valence-electron chi connectivity index (χ2n) is 4.48. The summed E-state index contributed by atoms with van der Waals surface area (Å²) in [5.41, 5.74) is 8.55. The van der Waals surface area contributed by atoms with E-state index in [1.165, 1.54) is 0 Å². The number of benzene rings is 2. The second-order valence-corrected chi connectivity index (χ2v) is 4.91. The topological polar surface area (TPSA) is 84.7 Å². The number of H-pyrrole nitrogens is 1. The average molecular weight is 299 g/mol. The highest BCUT2D eigenvalue weighted by Crippen LogP contribution is 2.27. The van der Waals surface area contributed by atoms with E-state index in [1.54, 1.807) is 0 Å². The molecule has 0 aliphatic heterocycles. The van der Waals surface area contributed by atoms with Crippen molar-refractivity contribution in [3.63, 3.8) is 0 Å². The van der Waals surface area contributed by atoms with Gasteiger partial charge in [0, 0.05) is 10.6 Å². The molecule has 0 atom stereocenters. The van der Waals surface area contributed by atoms with Gasteiger partial charge in [0.05, 0.1) is 0 Å². The largest absolute Gasteiger partial charge is 0.364 e. The average Bonchev–Trinajstić information content (AvgIpc) is 2.97. The van der Waals surface area contributed by atoms with E-state index in [9.17, 15) is 4.79 Å². The molecule has 104 valence electrons. The zero-order chi connectivity index (χ0) is 14.8. The summed E-state index contributed by atoms with van der Waals surface area (Å²) in [5, 5.41) is 10.9. The lowest BCUT2D eigenvalue weighted by atomic mass is 10.0. The Morgan fingerprint density at radius 3 is 2.38 bits per heavy atom. The first kappa shape index (κ1) is 13.3. The first-order valence-corrected chi connectivity index (χ1v) is 6.60. The number of aromatic amines is 1. The maximum Gasteiger partial charge on any atom is 0.271 e. The van der Waals surface area contributed by atoms with Crippen molar-refractivity contribution in [2.45, 2.75) is 0 Å². The number of carbonyl (C=O) groups excluding carboxylic acids is 1. The first-order valence-electron chi connectivity index (χ1n) is 6.22. The van der Waals surface area contributed by atoms with E-state index in [2.05, 4.69) is 15.4 Å². The normalized spacial score (nSPS) is 10.5. The molecule has 0 aliphatic carbocycles. The Balaban J connectivity index is 2.08. The molecule has 3 aromatic rings. The lowest BCUT2D eigenvalue weighted by Gasteiger charge is -2.05. The molecule has 1 amide bonds. The van der Waals surface area contributed by atoms with Gasteiger partial charge in [0.2, 0.25) is 0 Å². The van der Waals surface area contributed by atoms with Gasteiger partial charge in [0.15, 0.2) is 5.69 Å². The van der Waals surface area contributed by atoms with Gasteiger partial charge in [-0.15, -0.1) is 0 Å². The molecule has 0 spiro atoms. The zero-order valence-electron chi connectivity index (χ0n) is 10.9. The van der Waals surface area contributed by atoms with E-state index >= 15 is 0 Å². The predicted molar refractivity (Wildman–Crippen MR) is 80.8 cm³/mol. The fourth-order valence-corrected chi connectivity index (χ4v) is 2.31. The molecule has 0 radical (unpaired) electrons. The molecule has 6 heteroatoms. The van der Waals surface area contributed by atoms with Crippen molar-refractivity contribution in [2.24, 2.45) is 5.73 Å². The molecule has 5 nitrogen and oxygen atoms in total. The minimum atomic E-state index is -0.619. The van der Waals surface area contributed by atoms with Crippen molar-refractivity contribution in [1.29, 1.82) is 0 Å². The number of rotatable bonds is 3. The van der Waals surface area contributed by atoms with Crippen LogP contribution in [-0.4, -0.2) is 21.3 Å². The number of nitrogens with two attached hydrogens (primary N) is 1. The van der Waals surface area contributed by atoms with Crippen molar-refractivity contribution < 1.29 is 4.79 Å². The van der Waals surface area contributed by atoms with Gasteiger partial charge in [-0.1, -0.05) is 41.9 Å². The van der Waals surface area contributed by atoms with Gasteiger partial charge in [-0.2, -0.15) is 15.4 Å². The summed E-state index contributed by atoms with van der Waals surface area (Å²) in [7, 11) is 0. The molecule has 0 aliphatic rings. The minimum absolute atomic E-state index is 0.123. The summed E-state index contributed by atoms with van der Waals surface area (Å²) in [6, 6.07) is 15.1. The van der Waals surface area contributed by atoms with Crippen LogP contribution in [0.1, 0.15) is 10.5 Å². The summed E-state index contributed by atoms with van der Waals surface area (Å²) >= 11 is 6.01. The number of nitrogens with one attached hydrogen (secondary N) is 1. The molecule has 0 saturated carbocycles. The lowest BCUT2D eigenvalue weighted by molar-refractivity contribution is 0.0996. The third-order valence-electron chi connectivity index (χ3n) is 3.08. The Morgan fingerprint density at radius 2 is 1.67 bits per heavy atom. The maximum absolute atomic E-state index is 11.3. The molecule has 1 heterocycles. The molecule has 3 rings (SSSR count). The van der Waals surface area contributed by atoms with E-state index in [1.807, 2.05) is 48.5 Å². The summed E-state index contributed by atoms with van der Waals surface area (Å²) < 4.78 is 0. The minimum Gasteiger partial charge on any atom is -0.364 e. The van der Waals surface area contributed by atoms with Gasteiger partial charge in [0.1, 0.15) is 5.69 Å². The van der Waals surface area contributed by atoms with Crippen LogP contribution >= 0.6 is 11.6 Å². The van der Waals surface area contributed by atoms with Crippen molar-refractivity contribution in [3.8, 4) is 22.4 Å². The molecular weight excluding hydrogens is 288 g/mol. The predicted octanol–water partition coefficient (Wildman–Crippen LogP) is 2.89. The van der Waals surface area contributed by atoms with E-state index in [0.29, 0.717) is 10.7 Å². The van der Waals surface area contributed by atoms with Crippen LogP contribution in [0.5, 0.6) is 0 Å². The van der Waals surface area contributed by atoms with Crippen molar-refractivity contribution in [3.05, 3.63) is 59.2 Å². The van der Waals surface area contributed by atoms with Crippen LogP contribution < -0.4 is 5.73 Å². The molecule has 0 saturated heterocycles. The van der Waals surface area contributed by atoms with Crippen LogP contribution in [0.2, 0.25) is 5.02 Å². The monoisotopic (exact) mass is 298 g/mol. The molecule has 0 bridgehead atoms. The third kappa shape index (κ3) is 2.64. The lowest BCUT2D eigenvalue weighted by Crippen LogP contribution is -2.12. The summed E-state index contributed by atoms with van der Waals surface area (Å²) in [6.07, 6.45) is 0. The molecule has 1 aromatic heterocycles. The fourth-order valence-electron chi connectivity index (χ4n) is 2.12. The highest BCUT2D eigenvalue weighted by molar-refractivity contribution is 6.30. The molecule has 0 fully saturated rings. The van der Waals surface area contributed by atoms with Crippen molar-refractivity contribution >= 4 is 17.5 Å². The number of aromatic nitrogens is 3. The van der Waals surface area contributed by atoms with Crippen LogP contribution in [-0.2, 0) is 0 Å². The van der Waals surface area contributed by atoms with Crippen LogP contribution in [0.4, 0.5) is 0 Å². The van der Waals surface area contributed by atoms with Crippen LogP contribution in [0.3, 0.4) is 0 Å². The van der Waals surface area contributed by atoms with Crippen LogP contribution in [0, 0.1) is 0 Å². The quantitative estimate of drug-likeness (QED) is 0.779. The molecule has 2 aromatic carbocycles. The number of hydrogen-bond acceptors (Lipinski definition) is 3. The van der Waals surface area contributed by atoms with E-state index in [0.717, 1.165) is 16.7 Å². The first-order chi connectivity index (χ1) is 10.1. The van der Waals surface area contributed by atoms with Gasteiger partial charge in [-0.05, 0) is 29.3 Å². The van der Waals surface area contributed by atoms with Gasteiger partial charge >= 0.3 is 0 Å². The Morgan fingerprint density at radius 1 is 1.00 bits per heavy atom. The number of hydrogen-bond donors (Lipinski definition) is 2. The highest BCUT2D eigenvalue weighted by Gasteiger charge is 2.15. The van der Waals surface area contributed by atoms with Gasteiger partial charge in [-0.3, -0.25) is 4.79 Å². The molecule has 0 unspecified atom stereocenters. The number of carbonyl (C=O) groups is 1. The third-order valence-corrected chi connectivity index (χ3v) is 3.31. The number of amides is 1. The van der Waals surface area contributed by atoms with Crippen molar-refractivity contribution in [1.82, 2.24) is 15.4 Å². The number of halogens is 1. The molecule has 21 heavy (non-hydrogen) atoms. The van der Waals surface area contributed by atoms with Crippen LogP contribution in [0.25, 0.3) is 22.4 Å². The number of nitrogens with zero attached hydrogens (tertiary/aromatic N) is 2. The summed E-state index contributed by atoms with van der Waals surface area (Å²) in [6.45, 7) is 0. The summed E-state index contributed by atoms with van der Waals surface area (Å²) in [5.74, 6) is -0.619. The molecule has 3 N–H and O–H groups in total. The summed E-state index contributed by atoms with van der Waals surface area (Å²) in [4.78, 5) is 11.3. The van der Waals surface area contributed by atoms with Gasteiger partial charge in [-0.25, -0.2) is 0 Å². The Kier molecular flexibility index (Phi) is 3.41. The maximum atomic E-state index is 11.3.